The van der Waals surface area contributed by atoms with Gasteiger partial charge in [-0.1, -0.05) is 12.1 Å². The smallest absolute Gasteiger partial charge is 0.310 e. The molecule has 15 heavy (non-hydrogen) atoms. The Morgan fingerprint density at radius 1 is 1.47 bits per heavy atom. The van der Waals surface area contributed by atoms with Crippen LogP contribution in [-0.2, 0) is 11.8 Å². The number of nitrogens with zero attached hydrogens (tertiary/aromatic N) is 3. The number of aromatic nitrogens is 3. The summed E-state index contributed by atoms with van der Waals surface area (Å²) < 4.78 is 0. The third kappa shape index (κ3) is 1.56. The molecular formula is C10H11N3O2. The zero-order valence-electron chi connectivity index (χ0n) is 8.51. The van der Waals surface area contributed by atoms with Crippen molar-refractivity contribution in [2.24, 2.45) is 7.05 Å². The Kier molecular flexibility index (Phi) is 2.15. The van der Waals surface area contributed by atoms with Crippen molar-refractivity contribution in [3.8, 4) is 0 Å². The first-order chi connectivity index (χ1) is 7.09. The standard InChI is InChI=1S/C10H11N3O2/c1-6(10(14)15)7-4-3-5-8-9(7)12-13(2)11-8/h3-6H,1-2H3,(H,14,15). The van der Waals surface area contributed by atoms with E-state index in [4.69, 9.17) is 5.11 Å². The van der Waals surface area contributed by atoms with E-state index in [1.54, 1.807) is 26.1 Å². The lowest BCUT2D eigenvalue weighted by Gasteiger charge is -2.05. The minimum atomic E-state index is -0.854. The molecule has 2 aromatic rings. The number of hydrogen-bond acceptors (Lipinski definition) is 3. The highest BCUT2D eigenvalue weighted by Crippen LogP contribution is 2.22. The van der Waals surface area contributed by atoms with Crippen LogP contribution in [0.1, 0.15) is 18.4 Å². The zero-order chi connectivity index (χ0) is 11.0. The molecule has 0 aliphatic rings. The highest BCUT2D eigenvalue weighted by molar-refractivity contribution is 5.85. The molecular weight excluding hydrogens is 194 g/mol. The number of rotatable bonds is 2. The molecule has 0 radical (unpaired) electrons. The van der Waals surface area contributed by atoms with Crippen LogP contribution in [0.2, 0.25) is 0 Å². The maximum absolute atomic E-state index is 10.9. The summed E-state index contributed by atoms with van der Waals surface area (Å²) in [6, 6.07) is 5.39. The van der Waals surface area contributed by atoms with E-state index >= 15 is 0 Å². The zero-order valence-corrected chi connectivity index (χ0v) is 8.51. The fourth-order valence-electron chi connectivity index (χ4n) is 1.54. The molecule has 0 saturated heterocycles. The van der Waals surface area contributed by atoms with Crippen molar-refractivity contribution >= 4 is 17.0 Å². The normalized spacial score (nSPS) is 12.9. The van der Waals surface area contributed by atoms with E-state index in [1.807, 2.05) is 6.07 Å². The van der Waals surface area contributed by atoms with Gasteiger partial charge in [0.2, 0.25) is 0 Å². The Labute approximate surface area is 86.3 Å². The van der Waals surface area contributed by atoms with E-state index in [2.05, 4.69) is 10.2 Å². The van der Waals surface area contributed by atoms with Gasteiger partial charge in [-0.25, -0.2) is 0 Å². The molecule has 0 amide bonds. The molecule has 5 nitrogen and oxygen atoms in total. The molecule has 0 bridgehead atoms. The third-order valence-electron chi connectivity index (χ3n) is 2.38. The Morgan fingerprint density at radius 2 is 2.20 bits per heavy atom. The highest BCUT2D eigenvalue weighted by Gasteiger charge is 2.18. The number of carbonyl (C=O) groups is 1. The molecule has 0 spiro atoms. The van der Waals surface area contributed by atoms with Gasteiger partial charge >= 0.3 is 5.97 Å². The summed E-state index contributed by atoms with van der Waals surface area (Å²) in [6.07, 6.45) is 0. The second kappa shape index (κ2) is 3.34. The Balaban J connectivity index is 2.64. The van der Waals surface area contributed by atoms with E-state index in [-0.39, 0.29) is 0 Å². The lowest BCUT2D eigenvalue weighted by molar-refractivity contribution is -0.138. The summed E-state index contributed by atoms with van der Waals surface area (Å²) in [5.74, 6) is -1.42. The lowest BCUT2D eigenvalue weighted by Crippen LogP contribution is -2.07. The molecule has 1 heterocycles. The average Bonchev–Trinajstić information content (AvgIpc) is 2.56. The van der Waals surface area contributed by atoms with Crippen LogP contribution in [0.4, 0.5) is 0 Å². The summed E-state index contributed by atoms with van der Waals surface area (Å²) in [7, 11) is 1.72. The molecule has 78 valence electrons. The second-order valence-electron chi connectivity index (χ2n) is 3.46. The van der Waals surface area contributed by atoms with Gasteiger partial charge in [-0.2, -0.15) is 15.0 Å². The van der Waals surface area contributed by atoms with Gasteiger partial charge in [0.1, 0.15) is 11.0 Å². The quantitative estimate of drug-likeness (QED) is 0.798. The minimum Gasteiger partial charge on any atom is -0.481 e. The molecule has 0 aliphatic heterocycles. The molecule has 0 fully saturated rings. The molecule has 0 aliphatic carbocycles. The number of fused-ring (bicyclic) bond motifs is 1. The van der Waals surface area contributed by atoms with Crippen molar-refractivity contribution in [1.82, 2.24) is 15.0 Å². The molecule has 2 rings (SSSR count). The second-order valence-corrected chi connectivity index (χ2v) is 3.46. The number of carboxylic acids is 1. The van der Waals surface area contributed by atoms with Crippen LogP contribution >= 0.6 is 0 Å². The number of aryl methyl sites for hydroxylation is 1. The Hall–Kier alpha value is -1.91. The predicted octanol–water partition coefficient (Wildman–Crippen LogP) is 1.16. The van der Waals surface area contributed by atoms with Gasteiger partial charge in [-0.15, -0.1) is 0 Å². The number of hydrogen-bond donors (Lipinski definition) is 1. The predicted molar refractivity (Wildman–Crippen MR) is 54.6 cm³/mol. The minimum absolute atomic E-state index is 0.564. The fourth-order valence-corrected chi connectivity index (χ4v) is 1.54. The number of carboxylic acid groups (broad SMARTS) is 1. The Bertz CT molecular complexity index is 518. The molecule has 0 saturated carbocycles. The van der Waals surface area contributed by atoms with Gasteiger partial charge in [-0.05, 0) is 18.6 Å². The van der Waals surface area contributed by atoms with Gasteiger partial charge in [0.25, 0.3) is 0 Å². The first-order valence-electron chi connectivity index (χ1n) is 4.62. The molecule has 1 atom stereocenters. The first kappa shape index (κ1) is 9.64. The maximum Gasteiger partial charge on any atom is 0.310 e. The van der Waals surface area contributed by atoms with Crippen LogP contribution < -0.4 is 0 Å². The van der Waals surface area contributed by atoms with Crippen LogP contribution in [0.5, 0.6) is 0 Å². The number of aliphatic carboxylic acids is 1. The van der Waals surface area contributed by atoms with E-state index < -0.39 is 11.9 Å². The summed E-state index contributed by atoms with van der Waals surface area (Å²) in [5.41, 5.74) is 2.09. The van der Waals surface area contributed by atoms with Crippen molar-refractivity contribution in [1.29, 1.82) is 0 Å². The van der Waals surface area contributed by atoms with Crippen molar-refractivity contribution in [3.05, 3.63) is 23.8 Å². The number of benzene rings is 1. The highest BCUT2D eigenvalue weighted by atomic mass is 16.4. The molecule has 5 heteroatoms. The molecule has 1 N–H and O–H groups in total. The van der Waals surface area contributed by atoms with Crippen LogP contribution in [0.25, 0.3) is 11.0 Å². The van der Waals surface area contributed by atoms with Crippen LogP contribution in [0.3, 0.4) is 0 Å². The van der Waals surface area contributed by atoms with Gasteiger partial charge in [0, 0.05) is 7.05 Å². The van der Waals surface area contributed by atoms with Crippen molar-refractivity contribution in [2.75, 3.05) is 0 Å². The van der Waals surface area contributed by atoms with E-state index in [0.717, 1.165) is 5.52 Å². The molecule has 1 unspecified atom stereocenters. The maximum atomic E-state index is 10.9. The van der Waals surface area contributed by atoms with Gasteiger partial charge in [0.05, 0.1) is 5.92 Å². The van der Waals surface area contributed by atoms with Crippen LogP contribution in [0, 0.1) is 0 Å². The monoisotopic (exact) mass is 205 g/mol. The van der Waals surface area contributed by atoms with Gasteiger partial charge < -0.3 is 5.11 Å². The summed E-state index contributed by atoms with van der Waals surface area (Å²) in [6.45, 7) is 1.64. The SMILES string of the molecule is CC(C(=O)O)c1cccc2nn(C)nc12. The van der Waals surface area contributed by atoms with Gasteiger partial charge in [-0.3, -0.25) is 4.79 Å². The van der Waals surface area contributed by atoms with Crippen molar-refractivity contribution < 1.29 is 9.90 Å². The molecule has 1 aromatic carbocycles. The average molecular weight is 205 g/mol. The summed E-state index contributed by atoms with van der Waals surface area (Å²) in [5, 5.41) is 17.2. The van der Waals surface area contributed by atoms with Gasteiger partial charge in [0.15, 0.2) is 0 Å². The van der Waals surface area contributed by atoms with E-state index in [9.17, 15) is 4.79 Å². The summed E-state index contributed by atoms with van der Waals surface area (Å²) >= 11 is 0. The lowest BCUT2D eigenvalue weighted by atomic mass is 10.0. The molecule has 1 aromatic heterocycles. The summed E-state index contributed by atoms with van der Waals surface area (Å²) in [4.78, 5) is 12.3. The van der Waals surface area contributed by atoms with Crippen LogP contribution in [0.15, 0.2) is 18.2 Å². The topological polar surface area (TPSA) is 68.0 Å². The van der Waals surface area contributed by atoms with Crippen molar-refractivity contribution in [2.45, 2.75) is 12.8 Å². The van der Waals surface area contributed by atoms with E-state index in [1.165, 1.54) is 4.80 Å². The van der Waals surface area contributed by atoms with Crippen LogP contribution in [-0.4, -0.2) is 26.1 Å². The fraction of sp³-hybridized carbons (Fsp3) is 0.300. The largest absolute Gasteiger partial charge is 0.481 e. The third-order valence-corrected chi connectivity index (χ3v) is 2.38. The van der Waals surface area contributed by atoms with E-state index in [0.29, 0.717) is 11.1 Å². The van der Waals surface area contributed by atoms with Crippen molar-refractivity contribution in [3.63, 3.8) is 0 Å². The Morgan fingerprint density at radius 3 is 2.87 bits per heavy atom. The first-order valence-corrected chi connectivity index (χ1v) is 4.62.